The SMILES string of the molecule is CCCCn1c(=O)[nH]c(=O)c2c1nc(COC(=O)c1cc(Cl)nc3ccccc13)n2C. The average Bonchev–Trinajstić information content (AvgIpc) is 3.07. The van der Waals surface area contributed by atoms with Crippen LogP contribution in [0.15, 0.2) is 39.9 Å². The summed E-state index contributed by atoms with van der Waals surface area (Å²) in [6.45, 7) is 2.26. The Hall–Kier alpha value is -3.46. The van der Waals surface area contributed by atoms with Gasteiger partial charge in [-0.3, -0.25) is 14.3 Å². The minimum Gasteiger partial charge on any atom is -0.454 e. The fourth-order valence-corrected chi connectivity index (χ4v) is 3.66. The van der Waals surface area contributed by atoms with Crippen molar-refractivity contribution >= 4 is 39.6 Å². The van der Waals surface area contributed by atoms with Crippen LogP contribution in [-0.4, -0.2) is 30.1 Å². The molecule has 0 unspecified atom stereocenters. The molecule has 0 fully saturated rings. The Bertz CT molecular complexity index is 1420. The van der Waals surface area contributed by atoms with Crippen LogP contribution in [0.2, 0.25) is 5.15 Å². The number of carbonyl (C=O) groups is 1. The third-order valence-electron chi connectivity index (χ3n) is 5.08. The number of ether oxygens (including phenoxy) is 1. The summed E-state index contributed by atoms with van der Waals surface area (Å²) in [5.74, 6) is -0.251. The molecule has 0 spiro atoms. The van der Waals surface area contributed by atoms with Gasteiger partial charge in [-0.2, -0.15) is 0 Å². The molecule has 160 valence electrons. The highest BCUT2D eigenvalue weighted by atomic mass is 35.5. The number of halogens is 1. The summed E-state index contributed by atoms with van der Waals surface area (Å²) in [5.41, 5.74) is 0.341. The van der Waals surface area contributed by atoms with Crippen molar-refractivity contribution in [1.29, 1.82) is 0 Å². The number of unbranched alkanes of at least 4 members (excludes halogenated alkanes) is 1. The molecule has 0 saturated carbocycles. The fraction of sp³-hybridized carbons (Fsp3) is 0.286. The van der Waals surface area contributed by atoms with Crippen molar-refractivity contribution in [2.24, 2.45) is 7.05 Å². The number of pyridine rings is 1. The predicted octanol–water partition coefficient (Wildman–Crippen LogP) is 2.78. The first-order valence-electron chi connectivity index (χ1n) is 9.81. The van der Waals surface area contributed by atoms with E-state index in [1.165, 1.54) is 15.2 Å². The number of carbonyl (C=O) groups excluding carboxylic acids is 1. The molecule has 9 nitrogen and oxygen atoms in total. The second-order valence-electron chi connectivity index (χ2n) is 7.11. The van der Waals surface area contributed by atoms with E-state index in [4.69, 9.17) is 16.3 Å². The lowest BCUT2D eigenvalue weighted by molar-refractivity contribution is 0.0462. The van der Waals surface area contributed by atoms with Crippen molar-refractivity contribution in [2.45, 2.75) is 32.9 Å². The van der Waals surface area contributed by atoms with Crippen LogP contribution in [0, 0.1) is 0 Å². The van der Waals surface area contributed by atoms with Gasteiger partial charge in [0.25, 0.3) is 5.56 Å². The van der Waals surface area contributed by atoms with E-state index in [-0.39, 0.29) is 28.5 Å². The number of rotatable bonds is 6. The molecule has 0 amide bonds. The van der Waals surface area contributed by atoms with E-state index in [0.717, 1.165) is 12.8 Å². The Morgan fingerprint density at radius 1 is 1.23 bits per heavy atom. The summed E-state index contributed by atoms with van der Waals surface area (Å²) in [6.07, 6.45) is 1.64. The molecular formula is C21H20ClN5O4. The number of fused-ring (bicyclic) bond motifs is 2. The zero-order valence-corrected chi connectivity index (χ0v) is 17.8. The van der Waals surface area contributed by atoms with Crippen LogP contribution in [-0.2, 0) is 24.9 Å². The topological polar surface area (TPSA) is 112 Å². The molecule has 1 N–H and O–H groups in total. The number of aryl methyl sites for hydroxylation is 2. The number of imidazole rings is 1. The summed E-state index contributed by atoms with van der Waals surface area (Å²) >= 11 is 6.05. The van der Waals surface area contributed by atoms with E-state index < -0.39 is 17.2 Å². The second kappa shape index (κ2) is 8.35. The van der Waals surface area contributed by atoms with E-state index in [1.807, 2.05) is 6.92 Å². The Morgan fingerprint density at radius 2 is 2.00 bits per heavy atom. The van der Waals surface area contributed by atoms with Gasteiger partial charge in [-0.25, -0.2) is 19.6 Å². The molecule has 0 radical (unpaired) electrons. The van der Waals surface area contributed by atoms with E-state index in [9.17, 15) is 14.4 Å². The molecule has 4 rings (SSSR count). The first kappa shape index (κ1) is 20.8. The summed E-state index contributed by atoms with van der Waals surface area (Å²) in [4.78, 5) is 48.3. The third kappa shape index (κ3) is 3.84. The Morgan fingerprint density at radius 3 is 2.77 bits per heavy atom. The molecule has 0 aliphatic rings. The van der Waals surface area contributed by atoms with Crippen LogP contribution in [0.5, 0.6) is 0 Å². The third-order valence-corrected chi connectivity index (χ3v) is 5.27. The monoisotopic (exact) mass is 441 g/mol. The number of nitrogens with one attached hydrogen (secondary N) is 1. The predicted molar refractivity (Wildman–Crippen MR) is 116 cm³/mol. The maximum atomic E-state index is 12.8. The van der Waals surface area contributed by atoms with Gasteiger partial charge in [0.15, 0.2) is 11.2 Å². The van der Waals surface area contributed by atoms with Gasteiger partial charge in [-0.05, 0) is 18.6 Å². The summed E-state index contributed by atoms with van der Waals surface area (Å²) in [6, 6.07) is 8.56. The largest absolute Gasteiger partial charge is 0.454 e. The highest BCUT2D eigenvalue weighted by Crippen LogP contribution is 2.22. The van der Waals surface area contributed by atoms with E-state index in [2.05, 4.69) is 15.0 Å². The van der Waals surface area contributed by atoms with Crippen molar-refractivity contribution in [3.63, 3.8) is 0 Å². The molecule has 3 aromatic heterocycles. The van der Waals surface area contributed by atoms with Gasteiger partial charge < -0.3 is 9.30 Å². The van der Waals surface area contributed by atoms with Crippen molar-refractivity contribution in [1.82, 2.24) is 24.1 Å². The number of H-pyrrole nitrogens is 1. The molecule has 10 heteroatoms. The van der Waals surface area contributed by atoms with Crippen molar-refractivity contribution < 1.29 is 9.53 Å². The van der Waals surface area contributed by atoms with Gasteiger partial charge in [-0.1, -0.05) is 43.1 Å². The fourth-order valence-electron chi connectivity index (χ4n) is 3.46. The summed E-state index contributed by atoms with van der Waals surface area (Å²) in [5, 5.41) is 0.798. The van der Waals surface area contributed by atoms with E-state index >= 15 is 0 Å². The number of hydrogen-bond donors (Lipinski definition) is 1. The molecule has 31 heavy (non-hydrogen) atoms. The molecule has 0 saturated heterocycles. The minimum atomic E-state index is -0.593. The van der Waals surface area contributed by atoms with Gasteiger partial charge >= 0.3 is 11.7 Å². The number of para-hydroxylation sites is 1. The highest BCUT2D eigenvalue weighted by Gasteiger charge is 2.19. The minimum absolute atomic E-state index is 0.180. The van der Waals surface area contributed by atoms with Gasteiger partial charge in [0.2, 0.25) is 0 Å². The van der Waals surface area contributed by atoms with Crippen LogP contribution in [0.1, 0.15) is 35.9 Å². The number of benzene rings is 1. The van der Waals surface area contributed by atoms with Crippen LogP contribution in [0.4, 0.5) is 0 Å². The number of esters is 1. The molecule has 0 bridgehead atoms. The van der Waals surface area contributed by atoms with E-state index in [0.29, 0.717) is 23.3 Å². The lowest BCUT2D eigenvalue weighted by Crippen LogP contribution is -2.31. The average molecular weight is 442 g/mol. The lowest BCUT2D eigenvalue weighted by atomic mass is 10.1. The summed E-state index contributed by atoms with van der Waals surface area (Å²) in [7, 11) is 1.64. The smallest absolute Gasteiger partial charge is 0.339 e. The van der Waals surface area contributed by atoms with Gasteiger partial charge in [-0.15, -0.1) is 0 Å². The number of aromatic nitrogens is 5. The van der Waals surface area contributed by atoms with Gasteiger partial charge in [0.05, 0.1) is 11.1 Å². The Balaban J connectivity index is 1.68. The Labute approximate surface area is 181 Å². The molecule has 0 aliphatic carbocycles. The van der Waals surface area contributed by atoms with Crippen LogP contribution in [0.25, 0.3) is 22.1 Å². The standard InChI is InChI=1S/C21H20ClN5O4/c1-3-4-9-27-18-17(19(28)25-21(27)30)26(2)16(24-18)11-31-20(29)13-10-15(22)23-14-8-6-5-7-12(13)14/h5-8,10H,3-4,9,11H2,1-2H3,(H,25,28,30). The van der Waals surface area contributed by atoms with Gasteiger partial charge in [0, 0.05) is 19.0 Å². The van der Waals surface area contributed by atoms with Crippen LogP contribution in [0.3, 0.4) is 0 Å². The summed E-state index contributed by atoms with van der Waals surface area (Å²) < 4.78 is 8.43. The van der Waals surface area contributed by atoms with Gasteiger partial charge in [0.1, 0.15) is 17.6 Å². The molecular weight excluding hydrogens is 422 g/mol. The van der Waals surface area contributed by atoms with Crippen LogP contribution < -0.4 is 11.2 Å². The van der Waals surface area contributed by atoms with Crippen molar-refractivity contribution in [2.75, 3.05) is 0 Å². The van der Waals surface area contributed by atoms with Crippen molar-refractivity contribution in [3.05, 3.63) is 67.7 Å². The molecule has 0 aliphatic heterocycles. The second-order valence-corrected chi connectivity index (χ2v) is 7.50. The molecule has 0 atom stereocenters. The highest BCUT2D eigenvalue weighted by molar-refractivity contribution is 6.30. The zero-order valence-electron chi connectivity index (χ0n) is 17.0. The van der Waals surface area contributed by atoms with Crippen LogP contribution >= 0.6 is 11.6 Å². The quantitative estimate of drug-likeness (QED) is 0.363. The molecule has 4 aromatic rings. The number of hydrogen-bond acceptors (Lipinski definition) is 6. The number of nitrogens with zero attached hydrogens (tertiary/aromatic N) is 4. The first-order valence-corrected chi connectivity index (χ1v) is 10.2. The maximum Gasteiger partial charge on any atom is 0.339 e. The lowest BCUT2D eigenvalue weighted by Gasteiger charge is -2.08. The first-order chi connectivity index (χ1) is 14.9. The van der Waals surface area contributed by atoms with E-state index in [1.54, 1.807) is 31.3 Å². The van der Waals surface area contributed by atoms with Crippen molar-refractivity contribution in [3.8, 4) is 0 Å². The normalized spacial score (nSPS) is 11.3. The maximum absolute atomic E-state index is 12.8. The number of aromatic amines is 1. The molecule has 1 aromatic carbocycles. The Kier molecular flexibility index (Phi) is 5.60. The zero-order chi connectivity index (χ0) is 22.1. The molecule has 3 heterocycles.